The fraction of sp³-hybridized carbons (Fsp3) is 0.353. The summed E-state index contributed by atoms with van der Waals surface area (Å²) in [6, 6.07) is 9.85. The molecular weight excluding hydrogens is 282 g/mol. The van der Waals surface area contributed by atoms with Crippen LogP contribution in [0.15, 0.2) is 35.7 Å². The first kappa shape index (κ1) is 15.7. The van der Waals surface area contributed by atoms with Crippen molar-refractivity contribution < 1.29 is 9.53 Å². The Morgan fingerprint density at radius 1 is 1.33 bits per heavy atom. The van der Waals surface area contributed by atoms with Crippen molar-refractivity contribution in [2.24, 2.45) is 0 Å². The molecule has 0 amide bonds. The van der Waals surface area contributed by atoms with Crippen LogP contribution in [0.4, 0.5) is 0 Å². The third-order valence-corrected chi connectivity index (χ3v) is 4.29. The number of Topliss-reactive ketones (excluding diaryl/α,β-unsaturated/α-hetero) is 1. The number of methoxy groups -OCH3 is 1. The van der Waals surface area contributed by atoms with Gasteiger partial charge in [-0.05, 0) is 42.6 Å². The number of carbonyl (C=O) groups is 1. The van der Waals surface area contributed by atoms with Gasteiger partial charge in [-0.25, -0.2) is 0 Å². The lowest BCUT2D eigenvalue weighted by Gasteiger charge is -2.19. The predicted molar refractivity (Wildman–Crippen MR) is 87.3 cm³/mol. The Hall–Kier alpha value is -1.65. The molecule has 0 unspecified atom stereocenters. The van der Waals surface area contributed by atoms with E-state index in [4.69, 9.17) is 4.74 Å². The number of hydrogen-bond acceptors (Lipinski definition) is 4. The maximum Gasteiger partial charge on any atom is 0.180 e. The molecule has 4 heteroatoms. The number of ketones is 1. The van der Waals surface area contributed by atoms with Crippen molar-refractivity contribution in [1.82, 2.24) is 4.90 Å². The lowest BCUT2D eigenvalue weighted by atomic mass is 10.1. The zero-order valence-electron chi connectivity index (χ0n) is 12.8. The van der Waals surface area contributed by atoms with Gasteiger partial charge in [0.1, 0.15) is 5.75 Å². The Bertz CT molecular complexity index is 593. The SMILES string of the molecule is CCN(CC(=O)c1ccc(C)cc1OC)Cc1cccs1. The summed E-state index contributed by atoms with van der Waals surface area (Å²) in [5.41, 5.74) is 1.75. The Balaban J connectivity index is 2.09. The summed E-state index contributed by atoms with van der Waals surface area (Å²) < 4.78 is 5.33. The molecule has 112 valence electrons. The molecule has 2 rings (SSSR count). The maximum absolute atomic E-state index is 12.5. The van der Waals surface area contributed by atoms with Crippen LogP contribution in [0, 0.1) is 6.92 Å². The molecule has 1 aromatic heterocycles. The quantitative estimate of drug-likeness (QED) is 0.729. The van der Waals surface area contributed by atoms with Crippen LogP contribution >= 0.6 is 11.3 Å². The summed E-state index contributed by atoms with van der Waals surface area (Å²) in [6.07, 6.45) is 0. The minimum absolute atomic E-state index is 0.102. The molecule has 0 radical (unpaired) electrons. The normalized spacial score (nSPS) is 10.9. The van der Waals surface area contributed by atoms with Gasteiger partial charge in [-0.2, -0.15) is 0 Å². The van der Waals surface area contributed by atoms with E-state index in [0.29, 0.717) is 17.9 Å². The molecule has 0 aliphatic heterocycles. The smallest absolute Gasteiger partial charge is 0.180 e. The number of nitrogens with zero attached hydrogens (tertiary/aromatic N) is 1. The van der Waals surface area contributed by atoms with Gasteiger partial charge in [0, 0.05) is 11.4 Å². The molecule has 0 aliphatic rings. The van der Waals surface area contributed by atoms with E-state index >= 15 is 0 Å². The topological polar surface area (TPSA) is 29.5 Å². The molecule has 0 aliphatic carbocycles. The van der Waals surface area contributed by atoms with Crippen molar-refractivity contribution >= 4 is 17.1 Å². The van der Waals surface area contributed by atoms with Crippen LogP contribution < -0.4 is 4.74 Å². The monoisotopic (exact) mass is 303 g/mol. The molecule has 1 heterocycles. The van der Waals surface area contributed by atoms with Crippen LogP contribution in [0.25, 0.3) is 0 Å². The van der Waals surface area contributed by atoms with E-state index in [0.717, 1.165) is 18.7 Å². The van der Waals surface area contributed by atoms with E-state index in [1.807, 2.05) is 31.2 Å². The standard InChI is InChI=1S/C17H21NO2S/c1-4-18(11-14-6-5-9-21-14)12-16(19)15-8-7-13(2)10-17(15)20-3/h5-10H,4,11-12H2,1-3H3. The number of thiophene rings is 1. The summed E-state index contributed by atoms with van der Waals surface area (Å²) in [4.78, 5) is 15.9. The Kier molecular flexibility index (Phi) is 5.53. The molecule has 0 fully saturated rings. The lowest BCUT2D eigenvalue weighted by Crippen LogP contribution is -2.29. The third kappa shape index (κ3) is 4.16. The fourth-order valence-corrected chi connectivity index (χ4v) is 2.97. The lowest BCUT2D eigenvalue weighted by molar-refractivity contribution is 0.0927. The van der Waals surface area contributed by atoms with Crippen LogP contribution in [0.3, 0.4) is 0 Å². The molecule has 0 saturated heterocycles. The second-order valence-electron chi connectivity index (χ2n) is 5.01. The molecule has 21 heavy (non-hydrogen) atoms. The average molecular weight is 303 g/mol. The van der Waals surface area contributed by atoms with Gasteiger partial charge >= 0.3 is 0 Å². The molecular formula is C17H21NO2S. The number of ether oxygens (including phenoxy) is 1. The maximum atomic E-state index is 12.5. The Morgan fingerprint density at radius 3 is 2.76 bits per heavy atom. The summed E-state index contributed by atoms with van der Waals surface area (Å²) >= 11 is 1.72. The van der Waals surface area contributed by atoms with Crippen LogP contribution in [0.2, 0.25) is 0 Å². The highest BCUT2D eigenvalue weighted by atomic mass is 32.1. The van der Waals surface area contributed by atoms with E-state index in [2.05, 4.69) is 23.3 Å². The number of aryl methyl sites for hydroxylation is 1. The zero-order chi connectivity index (χ0) is 15.2. The molecule has 0 atom stereocenters. The first-order valence-electron chi connectivity index (χ1n) is 7.06. The molecule has 1 aromatic carbocycles. The van der Waals surface area contributed by atoms with Crippen molar-refractivity contribution in [3.8, 4) is 5.75 Å². The minimum Gasteiger partial charge on any atom is -0.496 e. The number of benzene rings is 1. The summed E-state index contributed by atoms with van der Waals surface area (Å²) in [5.74, 6) is 0.762. The summed E-state index contributed by atoms with van der Waals surface area (Å²) in [7, 11) is 1.61. The molecule has 0 N–H and O–H groups in total. The van der Waals surface area contributed by atoms with E-state index in [-0.39, 0.29) is 5.78 Å². The Morgan fingerprint density at radius 2 is 2.14 bits per heavy atom. The predicted octanol–water partition coefficient (Wildman–Crippen LogP) is 3.77. The summed E-state index contributed by atoms with van der Waals surface area (Å²) in [6.45, 7) is 6.14. The van der Waals surface area contributed by atoms with Crippen molar-refractivity contribution in [2.75, 3.05) is 20.2 Å². The van der Waals surface area contributed by atoms with E-state index in [1.54, 1.807) is 18.4 Å². The van der Waals surface area contributed by atoms with Crippen molar-refractivity contribution in [2.45, 2.75) is 20.4 Å². The van der Waals surface area contributed by atoms with Crippen LogP contribution in [-0.2, 0) is 6.54 Å². The number of rotatable bonds is 7. The van der Waals surface area contributed by atoms with E-state index in [9.17, 15) is 4.79 Å². The molecule has 0 bridgehead atoms. The van der Waals surface area contributed by atoms with E-state index < -0.39 is 0 Å². The number of carbonyl (C=O) groups excluding carboxylic acids is 1. The third-order valence-electron chi connectivity index (χ3n) is 3.43. The second kappa shape index (κ2) is 7.38. The van der Waals surface area contributed by atoms with Gasteiger partial charge in [-0.1, -0.05) is 19.1 Å². The summed E-state index contributed by atoms with van der Waals surface area (Å²) in [5, 5.41) is 2.06. The average Bonchev–Trinajstić information content (AvgIpc) is 2.99. The molecule has 3 nitrogen and oxygen atoms in total. The van der Waals surface area contributed by atoms with Gasteiger partial charge in [0.15, 0.2) is 5.78 Å². The van der Waals surface area contributed by atoms with E-state index in [1.165, 1.54) is 4.88 Å². The van der Waals surface area contributed by atoms with Crippen LogP contribution in [0.1, 0.15) is 27.7 Å². The first-order chi connectivity index (χ1) is 10.1. The number of likely N-dealkylation sites (N-methyl/N-ethyl adjacent to an activating group) is 1. The fourth-order valence-electron chi connectivity index (χ4n) is 2.22. The molecule has 2 aromatic rings. The van der Waals surface area contributed by atoms with Gasteiger partial charge in [0.2, 0.25) is 0 Å². The Labute approximate surface area is 130 Å². The minimum atomic E-state index is 0.102. The number of hydrogen-bond donors (Lipinski definition) is 0. The highest BCUT2D eigenvalue weighted by Crippen LogP contribution is 2.21. The first-order valence-corrected chi connectivity index (χ1v) is 7.94. The largest absolute Gasteiger partial charge is 0.496 e. The van der Waals surface area contributed by atoms with Gasteiger partial charge in [-0.3, -0.25) is 9.69 Å². The zero-order valence-corrected chi connectivity index (χ0v) is 13.6. The highest BCUT2D eigenvalue weighted by molar-refractivity contribution is 7.09. The van der Waals surface area contributed by atoms with Crippen LogP contribution in [-0.4, -0.2) is 30.9 Å². The van der Waals surface area contributed by atoms with Gasteiger partial charge in [-0.15, -0.1) is 11.3 Å². The highest BCUT2D eigenvalue weighted by Gasteiger charge is 2.16. The molecule has 0 saturated carbocycles. The van der Waals surface area contributed by atoms with Crippen molar-refractivity contribution in [3.05, 3.63) is 51.7 Å². The second-order valence-corrected chi connectivity index (χ2v) is 6.04. The molecule has 0 spiro atoms. The van der Waals surface area contributed by atoms with Crippen LogP contribution in [0.5, 0.6) is 5.75 Å². The van der Waals surface area contributed by atoms with Crippen molar-refractivity contribution in [1.29, 1.82) is 0 Å². The van der Waals surface area contributed by atoms with Crippen molar-refractivity contribution in [3.63, 3.8) is 0 Å². The van der Waals surface area contributed by atoms with Gasteiger partial charge < -0.3 is 4.74 Å². The van der Waals surface area contributed by atoms with Gasteiger partial charge in [0.05, 0.1) is 19.2 Å². The van der Waals surface area contributed by atoms with Gasteiger partial charge in [0.25, 0.3) is 0 Å².